The van der Waals surface area contributed by atoms with Gasteiger partial charge in [0, 0.05) is 24.7 Å². The Morgan fingerprint density at radius 3 is 2.50 bits per heavy atom. The lowest BCUT2D eigenvalue weighted by Gasteiger charge is -2.32. The summed E-state index contributed by atoms with van der Waals surface area (Å²) in [5.41, 5.74) is 4.10. The summed E-state index contributed by atoms with van der Waals surface area (Å²) >= 11 is 0. The first kappa shape index (κ1) is 20.2. The van der Waals surface area contributed by atoms with E-state index in [0.29, 0.717) is 35.4 Å². The van der Waals surface area contributed by atoms with E-state index in [1.165, 1.54) is 15.5 Å². The van der Waals surface area contributed by atoms with Gasteiger partial charge >= 0.3 is 0 Å². The largest absolute Gasteiger partial charge is 0.330 e. The van der Waals surface area contributed by atoms with Crippen molar-refractivity contribution in [3.8, 4) is 11.3 Å². The molecule has 5 rings (SSSR count). The van der Waals surface area contributed by atoms with Crippen LogP contribution in [0.3, 0.4) is 0 Å². The third kappa shape index (κ3) is 2.97. The Balaban J connectivity index is 1.53. The second-order valence-corrected chi connectivity index (χ2v) is 7.98. The highest BCUT2D eigenvalue weighted by Gasteiger charge is 2.34. The van der Waals surface area contributed by atoms with Crippen molar-refractivity contribution in [2.45, 2.75) is 26.3 Å². The van der Waals surface area contributed by atoms with E-state index in [0.717, 1.165) is 23.3 Å². The fourth-order valence-corrected chi connectivity index (χ4v) is 4.37. The lowest BCUT2D eigenvalue weighted by Crippen LogP contribution is -2.38. The van der Waals surface area contributed by atoms with E-state index in [4.69, 9.17) is 0 Å². The summed E-state index contributed by atoms with van der Waals surface area (Å²) < 4.78 is 44.1. The SMILES string of the molecule is Cc1cnn2ncc(C(=O)N3CCc4c(nn(C)c4-c4cc(F)c(F)c(F)c4)[C@@H]3C)c2c1. The van der Waals surface area contributed by atoms with Crippen molar-refractivity contribution in [2.24, 2.45) is 7.05 Å². The predicted molar refractivity (Wildman–Crippen MR) is 109 cm³/mol. The highest BCUT2D eigenvalue weighted by Crippen LogP contribution is 2.37. The summed E-state index contributed by atoms with van der Waals surface area (Å²) in [4.78, 5) is 15.1. The molecule has 10 heteroatoms. The second-order valence-electron chi connectivity index (χ2n) is 7.98. The Labute approximate surface area is 181 Å². The summed E-state index contributed by atoms with van der Waals surface area (Å²) in [5.74, 6) is -4.22. The van der Waals surface area contributed by atoms with Crippen LogP contribution in [-0.4, -0.2) is 42.0 Å². The molecule has 0 bridgehead atoms. The Kier molecular flexibility index (Phi) is 4.54. The Morgan fingerprint density at radius 1 is 1.09 bits per heavy atom. The predicted octanol–water partition coefficient (Wildman–Crippen LogP) is 3.62. The molecule has 1 aliphatic heterocycles. The maximum absolute atomic E-state index is 13.8. The molecule has 1 aromatic carbocycles. The Bertz CT molecular complexity index is 1370. The van der Waals surface area contributed by atoms with Crippen LogP contribution in [-0.2, 0) is 13.5 Å². The summed E-state index contributed by atoms with van der Waals surface area (Å²) in [6, 6.07) is 3.40. The lowest BCUT2D eigenvalue weighted by atomic mass is 9.95. The number of carbonyl (C=O) groups excluding carboxylic acids is 1. The van der Waals surface area contributed by atoms with E-state index >= 15 is 0 Å². The first-order valence-electron chi connectivity index (χ1n) is 10.1. The molecule has 0 saturated carbocycles. The monoisotopic (exact) mass is 440 g/mol. The van der Waals surface area contributed by atoms with Crippen molar-refractivity contribution in [1.29, 1.82) is 0 Å². The average Bonchev–Trinajstić information content (AvgIpc) is 3.32. The van der Waals surface area contributed by atoms with Crippen molar-refractivity contribution in [3.05, 3.63) is 70.4 Å². The van der Waals surface area contributed by atoms with Crippen LogP contribution in [0, 0.1) is 24.4 Å². The van der Waals surface area contributed by atoms with Crippen LogP contribution in [0.2, 0.25) is 0 Å². The minimum atomic E-state index is -1.51. The molecular formula is C22H19F3N6O. The highest BCUT2D eigenvalue weighted by atomic mass is 19.2. The van der Waals surface area contributed by atoms with Crippen LogP contribution in [0.4, 0.5) is 13.2 Å². The van der Waals surface area contributed by atoms with Crippen molar-refractivity contribution in [2.75, 3.05) is 6.54 Å². The van der Waals surface area contributed by atoms with Gasteiger partial charge in [-0.2, -0.15) is 19.9 Å². The Hall–Kier alpha value is -3.69. The van der Waals surface area contributed by atoms with E-state index in [1.807, 2.05) is 19.9 Å². The highest BCUT2D eigenvalue weighted by molar-refractivity contribution is 6.01. The first-order chi connectivity index (χ1) is 15.3. The number of aromatic nitrogens is 5. The number of carbonyl (C=O) groups is 1. The van der Waals surface area contributed by atoms with Crippen LogP contribution in [0.15, 0.2) is 30.6 Å². The van der Waals surface area contributed by atoms with E-state index in [2.05, 4.69) is 15.3 Å². The standard InChI is InChI=1S/C22H19F3N6O/c1-11-6-18-15(10-27-31(18)26-9-11)22(32)30-5-4-14-20(12(30)2)28-29(3)21(14)13-7-16(23)19(25)17(24)8-13/h6-10,12H,4-5H2,1-3H3/t12-/m0/s1. The first-order valence-corrected chi connectivity index (χ1v) is 10.1. The normalized spacial score (nSPS) is 15.9. The average molecular weight is 440 g/mol. The molecule has 0 N–H and O–H groups in total. The maximum atomic E-state index is 13.8. The molecule has 1 aliphatic rings. The van der Waals surface area contributed by atoms with Crippen molar-refractivity contribution < 1.29 is 18.0 Å². The van der Waals surface area contributed by atoms with Gasteiger partial charge in [-0.15, -0.1) is 0 Å². The molecule has 0 aliphatic carbocycles. The lowest BCUT2D eigenvalue weighted by molar-refractivity contribution is 0.0675. The molecule has 1 atom stereocenters. The number of halogens is 3. The topological polar surface area (TPSA) is 68.3 Å². The molecule has 0 fully saturated rings. The zero-order chi connectivity index (χ0) is 22.7. The van der Waals surface area contributed by atoms with E-state index in [-0.39, 0.29) is 17.5 Å². The Morgan fingerprint density at radius 2 is 1.78 bits per heavy atom. The van der Waals surface area contributed by atoms with Gasteiger partial charge in [-0.3, -0.25) is 9.48 Å². The van der Waals surface area contributed by atoms with E-state index in [9.17, 15) is 18.0 Å². The molecular weight excluding hydrogens is 421 g/mol. The number of amides is 1. The van der Waals surface area contributed by atoms with Crippen LogP contribution in [0.5, 0.6) is 0 Å². The van der Waals surface area contributed by atoms with Gasteiger partial charge in [-0.1, -0.05) is 0 Å². The van der Waals surface area contributed by atoms with Crippen molar-refractivity contribution in [1.82, 2.24) is 29.5 Å². The van der Waals surface area contributed by atoms with Crippen molar-refractivity contribution >= 4 is 11.4 Å². The van der Waals surface area contributed by atoms with Gasteiger partial charge in [0.2, 0.25) is 0 Å². The summed E-state index contributed by atoms with van der Waals surface area (Å²) in [6.45, 7) is 4.13. The number of nitrogens with zero attached hydrogens (tertiary/aromatic N) is 6. The molecule has 7 nitrogen and oxygen atoms in total. The van der Waals surface area contributed by atoms with Crippen LogP contribution in [0.25, 0.3) is 16.8 Å². The fourth-order valence-electron chi connectivity index (χ4n) is 4.37. The summed E-state index contributed by atoms with van der Waals surface area (Å²) in [6.07, 6.45) is 3.60. The molecule has 0 radical (unpaired) electrons. The molecule has 0 spiro atoms. The number of hydrogen-bond donors (Lipinski definition) is 0. The van der Waals surface area contributed by atoms with Crippen molar-refractivity contribution in [3.63, 3.8) is 0 Å². The molecule has 1 amide bonds. The minimum absolute atomic E-state index is 0.198. The summed E-state index contributed by atoms with van der Waals surface area (Å²) in [5, 5.41) is 12.9. The number of hydrogen-bond acceptors (Lipinski definition) is 4. The number of rotatable bonds is 2. The molecule has 164 valence electrons. The third-order valence-corrected chi connectivity index (χ3v) is 5.91. The maximum Gasteiger partial charge on any atom is 0.258 e. The number of aryl methyl sites for hydroxylation is 2. The fraction of sp³-hybridized carbons (Fsp3) is 0.273. The van der Waals surface area contributed by atoms with Gasteiger partial charge in [0.15, 0.2) is 17.5 Å². The number of fused-ring (bicyclic) bond motifs is 2. The van der Waals surface area contributed by atoms with Gasteiger partial charge in [-0.25, -0.2) is 13.2 Å². The smallest absolute Gasteiger partial charge is 0.258 e. The zero-order valence-corrected chi connectivity index (χ0v) is 17.6. The molecule has 4 aromatic rings. The van der Waals surface area contributed by atoms with Gasteiger partial charge in [-0.05, 0) is 44.0 Å². The minimum Gasteiger partial charge on any atom is -0.330 e. The van der Waals surface area contributed by atoms with Gasteiger partial charge < -0.3 is 4.90 Å². The number of benzene rings is 1. The summed E-state index contributed by atoms with van der Waals surface area (Å²) in [7, 11) is 1.66. The second kappa shape index (κ2) is 7.18. The molecule has 0 unspecified atom stereocenters. The third-order valence-electron chi connectivity index (χ3n) is 5.91. The van der Waals surface area contributed by atoms with Gasteiger partial charge in [0.25, 0.3) is 5.91 Å². The molecule has 32 heavy (non-hydrogen) atoms. The van der Waals surface area contributed by atoms with E-state index < -0.39 is 17.5 Å². The van der Waals surface area contributed by atoms with E-state index in [1.54, 1.807) is 18.1 Å². The van der Waals surface area contributed by atoms with Gasteiger partial charge in [0.05, 0.1) is 35.4 Å². The molecule has 4 heterocycles. The quantitative estimate of drug-likeness (QED) is 0.447. The van der Waals surface area contributed by atoms with Crippen LogP contribution in [0.1, 0.15) is 40.1 Å². The van der Waals surface area contributed by atoms with Crippen LogP contribution >= 0.6 is 0 Å². The van der Waals surface area contributed by atoms with Crippen LogP contribution < -0.4 is 0 Å². The zero-order valence-electron chi connectivity index (χ0n) is 17.6. The molecule has 0 saturated heterocycles. The molecule has 3 aromatic heterocycles. The van der Waals surface area contributed by atoms with Gasteiger partial charge in [0.1, 0.15) is 5.52 Å².